The fraction of sp³-hybridized carbons (Fsp3) is 1.00. The zero-order chi connectivity index (χ0) is 5.91. The Kier molecular flexibility index (Phi) is 2.46. The average molecular weight is 122 g/mol. The Labute approximate surface area is 44.5 Å². The molecule has 0 radical (unpaired) electrons. The molecule has 0 rings (SSSR count). The molecule has 0 saturated heterocycles. The van der Waals surface area contributed by atoms with E-state index in [0.29, 0.717) is 6.04 Å². The summed E-state index contributed by atoms with van der Waals surface area (Å²) in [5, 5.41) is 0. The van der Waals surface area contributed by atoms with E-state index in [-0.39, 0.29) is 0 Å². The normalized spacial score (nSPS) is 18.9. The van der Waals surface area contributed by atoms with Crippen molar-refractivity contribution < 1.29 is 8.90 Å². The molecule has 0 spiro atoms. The van der Waals surface area contributed by atoms with E-state index in [1.165, 1.54) is 6.55 Å². The highest BCUT2D eigenvalue weighted by Gasteiger charge is 2.21. The molecule has 0 aromatic rings. The highest BCUT2D eigenvalue weighted by atomic mass is 28.4. The molecule has 3 heteroatoms. The minimum atomic E-state index is -3.16. The molecule has 0 aliphatic rings. The molecule has 0 aliphatic heterocycles. The van der Waals surface area contributed by atoms with Gasteiger partial charge in [0.1, 0.15) is 0 Å². The second-order valence-electron chi connectivity index (χ2n) is 1.89. The molecule has 0 aromatic heterocycles. The van der Waals surface area contributed by atoms with Crippen LogP contribution in [0.1, 0.15) is 13.3 Å². The molecule has 1 atom stereocenters. The minimum absolute atomic E-state index is 0.368. The second kappa shape index (κ2) is 2.42. The van der Waals surface area contributed by atoms with Gasteiger partial charge >= 0.3 is 8.65 Å². The lowest BCUT2D eigenvalue weighted by atomic mass is 10.6. The third kappa shape index (κ3) is 6.11. The van der Waals surface area contributed by atoms with Gasteiger partial charge in [-0.1, -0.05) is 13.3 Å². The minimum Gasteiger partial charge on any atom is -0.408 e. The molecule has 44 valence electrons. The fourth-order valence-electron chi connectivity index (χ4n) is 0.456. The van der Waals surface area contributed by atoms with Gasteiger partial charge in [-0.25, -0.2) is 0 Å². The van der Waals surface area contributed by atoms with Gasteiger partial charge in [-0.3, -0.25) is 4.11 Å². The molecule has 0 aliphatic carbocycles. The van der Waals surface area contributed by atoms with Crippen LogP contribution >= 0.6 is 0 Å². The van der Waals surface area contributed by atoms with Gasteiger partial charge < -0.3 is 4.80 Å². The van der Waals surface area contributed by atoms with E-state index in [0.717, 1.165) is 6.42 Å². The van der Waals surface area contributed by atoms with Gasteiger partial charge in [0, 0.05) is 0 Å². The fourth-order valence-corrected chi connectivity index (χ4v) is 1.37. The maximum atomic E-state index is 12.1. The molecule has 0 fully saturated rings. The summed E-state index contributed by atoms with van der Waals surface area (Å²) in [5.74, 6) is 0. The molecule has 0 saturated carbocycles. The molecule has 0 amide bonds. The predicted molar refractivity (Wildman–Crippen MR) is 30.0 cm³/mol. The van der Waals surface area contributed by atoms with E-state index in [1.54, 1.807) is 0 Å². The predicted octanol–water partition coefficient (Wildman–Crippen LogP) is 1.43. The van der Waals surface area contributed by atoms with E-state index in [2.05, 4.69) is 0 Å². The molecule has 7 heavy (non-hydrogen) atoms. The molecule has 1 unspecified atom stereocenters. The van der Waals surface area contributed by atoms with Crippen molar-refractivity contribution >= 4 is 8.65 Å². The molecule has 0 aromatic carbocycles. The zero-order valence-electron chi connectivity index (χ0n) is 4.74. The van der Waals surface area contributed by atoms with Crippen LogP contribution in [0.5, 0.6) is 0 Å². The Morgan fingerprint density at radius 3 is 2.14 bits per heavy atom. The van der Waals surface area contributed by atoms with Gasteiger partial charge in [0.25, 0.3) is 0 Å². The summed E-state index contributed by atoms with van der Waals surface area (Å²) in [6.45, 7) is 3.16. The van der Waals surface area contributed by atoms with Gasteiger partial charge in [-0.2, -0.15) is 0 Å². The van der Waals surface area contributed by atoms with Crippen LogP contribution in [0.4, 0.5) is 4.11 Å². The summed E-state index contributed by atoms with van der Waals surface area (Å²) < 4.78 is 12.1. The van der Waals surface area contributed by atoms with Crippen molar-refractivity contribution in [1.82, 2.24) is 0 Å². The first-order valence-corrected chi connectivity index (χ1v) is 5.01. The maximum Gasteiger partial charge on any atom is 0.378 e. The molecular formula is C4H11FOSi. The number of hydrogen-bond acceptors (Lipinski definition) is 1. The first kappa shape index (κ1) is 7.11. The van der Waals surface area contributed by atoms with E-state index in [4.69, 9.17) is 4.80 Å². The standard InChI is InChI=1S/C4H11FOSi/c1-3-4-7(2,5)6/h6H,3-4H2,1-2H3. The summed E-state index contributed by atoms with van der Waals surface area (Å²) in [7, 11) is -3.16. The van der Waals surface area contributed by atoms with Crippen LogP contribution in [-0.2, 0) is 0 Å². The van der Waals surface area contributed by atoms with Gasteiger partial charge in [-0.15, -0.1) is 0 Å². The quantitative estimate of drug-likeness (QED) is 0.434. The Morgan fingerprint density at radius 1 is 1.71 bits per heavy atom. The van der Waals surface area contributed by atoms with Crippen LogP contribution in [-0.4, -0.2) is 13.4 Å². The van der Waals surface area contributed by atoms with Crippen molar-refractivity contribution in [3.05, 3.63) is 0 Å². The number of hydrogen-bond donors (Lipinski definition) is 1. The van der Waals surface area contributed by atoms with Gasteiger partial charge in [0.2, 0.25) is 0 Å². The number of halogens is 1. The summed E-state index contributed by atoms with van der Waals surface area (Å²) in [4.78, 5) is 8.49. The van der Waals surface area contributed by atoms with Crippen molar-refractivity contribution in [2.24, 2.45) is 0 Å². The van der Waals surface area contributed by atoms with Crippen LogP contribution in [0, 0.1) is 0 Å². The van der Waals surface area contributed by atoms with Crippen molar-refractivity contribution in [2.75, 3.05) is 0 Å². The largest absolute Gasteiger partial charge is 0.408 e. The first-order chi connectivity index (χ1) is 3.06. The Morgan fingerprint density at radius 2 is 2.14 bits per heavy atom. The van der Waals surface area contributed by atoms with Crippen molar-refractivity contribution in [2.45, 2.75) is 25.9 Å². The van der Waals surface area contributed by atoms with Crippen LogP contribution < -0.4 is 0 Å². The van der Waals surface area contributed by atoms with Gasteiger partial charge in [0.15, 0.2) is 0 Å². The molecular weight excluding hydrogens is 111 g/mol. The Hall–Kier alpha value is 0.107. The highest BCUT2D eigenvalue weighted by Crippen LogP contribution is 2.07. The topological polar surface area (TPSA) is 20.2 Å². The highest BCUT2D eigenvalue weighted by molar-refractivity contribution is 6.63. The average Bonchev–Trinajstić information content (AvgIpc) is 1.30. The van der Waals surface area contributed by atoms with Crippen LogP contribution in [0.15, 0.2) is 0 Å². The van der Waals surface area contributed by atoms with Crippen molar-refractivity contribution in [3.8, 4) is 0 Å². The van der Waals surface area contributed by atoms with Crippen LogP contribution in [0.2, 0.25) is 12.6 Å². The molecule has 0 bridgehead atoms. The molecule has 1 N–H and O–H groups in total. The maximum absolute atomic E-state index is 12.1. The summed E-state index contributed by atoms with van der Waals surface area (Å²) in [6.07, 6.45) is 0.746. The van der Waals surface area contributed by atoms with E-state index in [9.17, 15) is 4.11 Å². The van der Waals surface area contributed by atoms with Gasteiger partial charge in [-0.05, 0) is 12.6 Å². The molecule has 1 nitrogen and oxygen atoms in total. The zero-order valence-corrected chi connectivity index (χ0v) is 5.74. The Bertz CT molecular complexity index is 50.1. The molecule has 0 heterocycles. The smallest absolute Gasteiger partial charge is 0.378 e. The number of rotatable bonds is 2. The van der Waals surface area contributed by atoms with Crippen molar-refractivity contribution in [3.63, 3.8) is 0 Å². The third-order valence-electron chi connectivity index (χ3n) is 0.706. The lowest BCUT2D eigenvalue weighted by molar-refractivity contribution is 0.455. The Balaban J connectivity index is 3.15. The van der Waals surface area contributed by atoms with E-state index in [1.807, 2.05) is 6.92 Å². The van der Waals surface area contributed by atoms with Crippen LogP contribution in [0.3, 0.4) is 0 Å². The first-order valence-electron chi connectivity index (χ1n) is 2.47. The lowest BCUT2D eigenvalue weighted by Gasteiger charge is -2.04. The lowest BCUT2D eigenvalue weighted by Crippen LogP contribution is -2.21. The summed E-state index contributed by atoms with van der Waals surface area (Å²) >= 11 is 0. The van der Waals surface area contributed by atoms with Gasteiger partial charge in [0.05, 0.1) is 0 Å². The van der Waals surface area contributed by atoms with Crippen LogP contribution in [0.25, 0.3) is 0 Å². The summed E-state index contributed by atoms with van der Waals surface area (Å²) in [6, 6.07) is 0.368. The second-order valence-corrected chi connectivity index (χ2v) is 4.68. The summed E-state index contributed by atoms with van der Waals surface area (Å²) in [5.41, 5.74) is 0. The monoisotopic (exact) mass is 122 g/mol. The van der Waals surface area contributed by atoms with E-state index >= 15 is 0 Å². The SMILES string of the molecule is CCC[Si](C)(O)F. The third-order valence-corrected chi connectivity index (χ3v) is 2.12. The van der Waals surface area contributed by atoms with E-state index < -0.39 is 8.65 Å². The van der Waals surface area contributed by atoms with Crippen molar-refractivity contribution in [1.29, 1.82) is 0 Å².